The molecule has 0 radical (unpaired) electrons. The molecule has 1 aromatic carbocycles. The van der Waals surface area contributed by atoms with E-state index in [1.807, 2.05) is 6.07 Å². The second kappa shape index (κ2) is 3.21. The van der Waals surface area contributed by atoms with E-state index in [0.29, 0.717) is 5.75 Å². The Bertz CT molecular complexity index is 333. The van der Waals surface area contributed by atoms with Crippen molar-refractivity contribution in [1.29, 1.82) is 0 Å². The number of fused-ring (bicyclic) bond motifs is 1. The van der Waals surface area contributed by atoms with E-state index in [-0.39, 0.29) is 11.9 Å². The second-order valence-corrected chi connectivity index (χ2v) is 3.16. The zero-order valence-corrected chi connectivity index (χ0v) is 7.29. The van der Waals surface area contributed by atoms with Crippen LogP contribution in [0.1, 0.15) is 12.0 Å². The van der Waals surface area contributed by atoms with Gasteiger partial charge in [0.05, 0.1) is 0 Å². The van der Waals surface area contributed by atoms with Gasteiger partial charge in [-0.2, -0.15) is 0 Å². The van der Waals surface area contributed by atoms with Gasteiger partial charge in [-0.15, -0.1) is 0 Å². The molecule has 0 saturated heterocycles. The van der Waals surface area contributed by atoms with Crippen LogP contribution in [0.2, 0.25) is 0 Å². The van der Waals surface area contributed by atoms with Crippen LogP contribution in [0.4, 0.5) is 4.39 Å². The summed E-state index contributed by atoms with van der Waals surface area (Å²) >= 11 is 0. The number of rotatable bonds is 1. The van der Waals surface area contributed by atoms with Gasteiger partial charge >= 0.3 is 0 Å². The molecule has 1 aromatic rings. The van der Waals surface area contributed by atoms with Crippen LogP contribution in [-0.4, -0.2) is 6.10 Å². The van der Waals surface area contributed by atoms with Crippen LogP contribution < -0.4 is 4.74 Å². The van der Waals surface area contributed by atoms with E-state index in [2.05, 4.69) is 6.58 Å². The maximum absolute atomic E-state index is 13.2. The molecule has 1 heterocycles. The van der Waals surface area contributed by atoms with E-state index in [9.17, 15) is 4.39 Å². The van der Waals surface area contributed by atoms with Crippen molar-refractivity contribution in [1.82, 2.24) is 0 Å². The minimum Gasteiger partial charge on any atom is -0.483 e. The Kier molecular flexibility index (Phi) is 2.05. The summed E-state index contributed by atoms with van der Waals surface area (Å²) in [6, 6.07) is 5.04. The van der Waals surface area contributed by atoms with E-state index >= 15 is 0 Å². The van der Waals surface area contributed by atoms with Crippen LogP contribution in [0.3, 0.4) is 0 Å². The smallest absolute Gasteiger partial charge is 0.165 e. The minimum absolute atomic E-state index is 0.0376. The average Bonchev–Trinajstić information content (AvgIpc) is 2.18. The van der Waals surface area contributed by atoms with Crippen LogP contribution in [0.5, 0.6) is 5.75 Å². The highest BCUT2D eigenvalue weighted by Crippen LogP contribution is 2.30. The molecular weight excluding hydrogens is 167 g/mol. The third kappa shape index (κ3) is 1.44. The summed E-state index contributed by atoms with van der Waals surface area (Å²) in [4.78, 5) is 0. The third-order valence-electron chi connectivity index (χ3n) is 2.28. The molecule has 0 N–H and O–H groups in total. The lowest BCUT2D eigenvalue weighted by Gasteiger charge is -2.23. The fraction of sp³-hybridized carbons (Fsp3) is 0.273. The van der Waals surface area contributed by atoms with Crippen LogP contribution in [-0.2, 0) is 6.42 Å². The molecule has 1 aliphatic rings. The number of ether oxygens (including phenoxy) is 1. The second-order valence-electron chi connectivity index (χ2n) is 3.16. The first-order valence-electron chi connectivity index (χ1n) is 4.38. The molecule has 2 rings (SSSR count). The van der Waals surface area contributed by atoms with Crippen LogP contribution in [0.25, 0.3) is 0 Å². The van der Waals surface area contributed by atoms with E-state index in [1.54, 1.807) is 12.1 Å². The van der Waals surface area contributed by atoms with Crippen LogP contribution in [0.15, 0.2) is 30.9 Å². The fourth-order valence-electron chi connectivity index (χ4n) is 1.56. The monoisotopic (exact) mass is 178 g/mol. The lowest BCUT2D eigenvalue weighted by atomic mass is 10.0. The molecular formula is C11H11FO. The van der Waals surface area contributed by atoms with Crippen molar-refractivity contribution in [2.45, 2.75) is 18.9 Å². The van der Waals surface area contributed by atoms with Crippen LogP contribution in [0, 0.1) is 5.82 Å². The van der Waals surface area contributed by atoms with Gasteiger partial charge in [0.1, 0.15) is 6.10 Å². The highest BCUT2D eigenvalue weighted by atomic mass is 19.1. The summed E-state index contributed by atoms with van der Waals surface area (Å²) in [7, 11) is 0. The highest BCUT2D eigenvalue weighted by molar-refractivity contribution is 5.37. The molecule has 1 unspecified atom stereocenters. The maximum Gasteiger partial charge on any atom is 0.165 e. The normalized spacial score (nSPS) is 20.2. The summed E-state index contributed by atoms with van der Waals surface area (Å²) in [6.45, 7) is 3.64. The van der Waals surface area contributed by atoms with E-state index < -0.39 is 0 Å². The Morgan fingerprint density at radius 3 is 3.15 bits per heavy atom. The molecule has 0 bridgehead atoms. The Balaban J connectivity index is 2.37. The Morgan fingerprint density at radius 2 is 2.38 bits per heavy atom. The molecule has 2 heteroatoms. The zero-order valence-electron chi connectivity index (χ0n) is 7.29. The van der Waals surface area contributed by atoms with E-state index in [0.717, 1.165) is 18.4 Å². The van der Waals surface area contributed by atoms with Gasteiger partial charge in [-0.25, -0.2) is 4.39 Å². The summed E-state index contributed by atoms with van der Waals surface area (Å²) in [5.41, 5.74) is 0.957. The van der Waals surface area contributed by atoms with E-state index in [1.165, 1.54) is 6.07 Å². The molecule has 1 atom stereocenters. The number of benzene rings is 1. The van der Waals surface area contributed by atoms with Crippen molar-refractivity contribution in [2.75, 3.05) is 0 Å². The number of aryl methyl sites for hydroxylation is 1. The fourth-order valence-corrected chi connectivity index (χ4v) is 1.56. The van der Waals surface area contributed by atoms with Crippen molar-refractivity contribution < 1.29 is 9.13 Å². The van der Waals surface area contributed by atoms with E-state index in [4.69, 9.17) is 4.74 Å². The molecule has 0 amide bonds. The topological polar surface area (TPSA) is 9.23 Å². The summed E-state index contributed by atoms with van der Waals surface area (Å²) in [6.07, 6.45) is 3.43. The van der Waals surface area contributed by atoms with Crippen molar-refractivity contribution in [3.05, 3.63) is 42.2 Å². The lowest BCUT2D eigenvalue weighted by molar-refractivity contribution is 0.208. The van der Waals surface area contributed by atoms with Crippen molar-refractivity contribution in [2.24, 2.45) is 0 Å². The van der Waals surface area contributed by atoms with Gasteiger partial charge in [0.2, 0.25) is 0 Å². The van der Waals surface area contributed by atoms with Gasteiger partial charge in [0.25, 0.3) is 0 Å². The van der Waals surface area contributed by atoms with Gasteiger partial charge in [-0.05, 0) is 24.5 Å². The number of para-hydroxylation sites is 1. The predicted molar refractivity (Wildman–Crippen MR) is 49.3 cm³/mol. The molecule has 0 saturated carbocycles. The maximum atomic E-state index is 13.2. The predicted octanol–water partition coefficient (Wildman–Crippen LogP) is 2.71. The molecule has 0 aliphatic carbocycles. The largest absolute Gasteiger partial charge is 0.483 e. The summed E-state index contributed by atoms with van der Waals surface area (Å²) < 4.78 is 18.6. The third-order valence-corrected chi connectivity index (χ3v) is 2.28. The SMILES string of the molecule is C=CC1CCc2cccc(F)c2O1. The molecule has 68 valence electrons. The molecule has 1 aliphatic heterocycles. The zero-order chi connectivity index (χ0) is 9.26. The first-order valence-corrected chi connectivity index (χ1v) is 4.38. The molecule has 0 fully saturated rings. The van der Waals surface area contributed by atoms with Crippen molar-refractivity contribution in [3.63, 3.8) is 0 Å². The number of hydrogen-bond acceptors (Lipinski definition) is 1. The average molecular weight is 178 g/mol. The Morgan fingerprint density at radius 1 is 1.54 bits per heavy atom. The minimum atomic E-state index is -0.274. The molecule has 0 aromatic heterocycles. The number of halogens is 1. The Hall–Kier alpha value is -1.31. The Labute approximate surface area is 76.8 Å². The van der Waals surface area contributed by atoms with Gasteiger partial charge in [0.15, 0.2) is 11.6 Å². The lowest BCUT2D eigenvalue weighted by Crippen LogP contribution is -2.20. The summed E-state index contributed by atoms with van der Waals surface area (Å²) in [5.74, 6) is 0.128. The highest BCUT2D eigenvalue weighted by Gasteiger charge is 2.19. The molecule has 13 heavy (non-hydrogen) atoms. The van der Waals surface area contributed by atoms with Gasteiger partial charge < -0.3 is 4.74 Å². The van der Waals surface area contributed by atoms with Gasteiger partial charge in [0, 0.05) is 0 Å². The molecule has 1 nitrogen and oxygen atoms in total. The van der Waals surface area contributed by atoms with Crippen LogP contribution >= 0.6 is 0 Å². The standard InChI is InChI=1S/C11H11FO/c1-2-9-7-6-8-4-3-5-10(12)11(8)13-9/h2-5,9H,1,6-7H2. The van der Waals surface area contributed by atoms with Gasteiger partial charge in [-0.1, -0.05) is 24.8 Å². The van der Waals surface area contributed by atoms with Crippen molar-refractivity contribution >= 4 is 0 Å². The first-order chi connectivity index (χ1) is 6.31. The van der Waals surface area contributed by atoms with Gasteiger partial charge in [-0.3, -0.25) is 0 Å². The quantitative estimate of drug-likeness (QED) is 0.601. The molecule has 0 spiro atoms. The van der Waals surface area contributed by atoms with Crippen molar-refractivity contribution in [3.8, 4) is 5.75 Å². The first kappa shape index (κ1) is 8.30. The number of hydrogen-bond donors (Lipinski definition) is 0. The summed E-state index contributed by atoms with van der Waals surface area (Å²) in [5, 5.41) is 0.